The maximum Gasteiger partial charge on any atom is 0.426 e. The van der Waals surface area contributed by atoms with Gasteiger partial charge in [-0.05, 0) is 52.4 Å². The third-order valence-electron chi connectivity index (χ3n) is 8.51. The van der Waals surface area contributed by atoms with Gasteiger partial charge < -0.3 is 24.4 Å². The summed E-state index contributed by atoms with van der Waals surface area (Å²) in [7, 11) is 0. The second-order valence-corrected chi connectivity index (χ2v) is 11.6. The van der Waals surface area contributed by atoms with E-state index in [1.165, 1.54) is 0 Å². The zero-order chi connectivity index (χ0) is 36.6. The van der Waals surface area contributed by atoms with Crippen LogP contribution in [0.3, 0.4) is 0 Å². The second kappa shape index (κ2) is 13.6. The van der Waals surface area contributed by atoms with E-state index in [1.807, 2.05) is 0 Å². The van der Waals surface area contributed by atoms with Gasteiger partial charge in [-0.15, -0.1) is 0 Å². The quantitative estimate of drug-likeness (QED) is 0.166. The van der Waals surface area contributed by atoms with Crippen molar-refractivity contribution < 1.29 is 95.1 Å². The highest BCUT2D eigenvalue weighted by molar-refractivity contribution is 5.77. The Bertz CT molecular complexity index is 936. The van der Waals surface area contributed by atoms with Crippen LogP contribution in [0.4, 0.5) is 65.9 Å². The SMILES string of the molecule is CCC(C)(C(=O)OC(C)(C)C1CC(C(OCCO)(C(F)(F)F)C(F)(F)F)CC(C(OCCO)(C(F)(F)F)C(F)(F)F)C1)C(F)(F)F. The van der Waals surface area contributed by atoms with Crippen molar-refractivity contribution in [3.8, 4) is 0 Å². The Hall–Kier alpha value is -1.74. The first-order valence-electron chi connectivity index (χ1n) is 13.4. The number of carbonyl (C=O) groups is 1. The van der Waals surface area contributed by atoms with Crippen LogP contribution >= 0.6 is 0 Å². The summed E-state index contributed by atoms with van der Waals surface area (Å²) in [5, 5.41) is 17.9. The number of alkyl halides is 15. The minimum Gasteiger partial charge on any atom is -0.459 e. The number of aliphatic hydroxyl groups is 2. The normalized spacial score (nSPS) is 22.8. The lowest BCUT2D eigenvalue weighted by molar-refractivity contribution is -0.419. The van der Waals surface area contributed by atoms with Crippen molar-refractivity contribution in [2.24, 2.45) is 23.2 Å². The Morgan fingerprint density at radius 3 is 1.13 bits per heavy atom. The maximum absolute atomic E-state index is 14.4. The predicted octanol–water partition coefficient (Wildman–Crippen LogP) is 7.06. The molecule has 1 saturated carbocycles. The Balaban J connectivity index is 4.14. The number of hydrogen-bond donors (Lipinski definition) is 2. The topological polar surface area (TPSA) is 85.2 Å². The predicted molar refractivity (Wildman–Crippen MR) is 125 cm³/mol. The maximum atomic E-state index is 14.4. The van der Waals surface area contributed by atoms with Crippen molar-refractivity contribution in [1.82, 2.24) is 0 Å². The van der Waals surface area contributed by atoms with Crippen LogP contribution in [0.1, 0.15) is 53.4 Å². The van der Waals surface area contributed by atoms with Gasteiger partial charge in [0.15, 0.2) is 5.41 Å². The molecular formula is C25H33F15O6. The fourth-order valence-corrected chi connectivity index (χ4v) is 5.67. The van der Waals surface area contributed by atoms with Crippen LogP contribution in [0.2, 0.25) is 0 Å². The van der Waals surface area contributed by atoms with Crippen LogP contribution in [0.15, 0.2) is 0 Å². The molecule has 1 fully saturated rings. The molecule has 6 nitrogen and oxygen atoms in total. The first-order valence-corrected chi connectivity index (χ1v) is 13.4. The zero-order valence-corrected chi connectivity index (χ0v) is 24.6. The lowest BCUT2D eigenvalue weighted by Crippen LogP contribution is -2.69. The van der Waals surface area contributed by atoms with Gasteiger partial charge in [-0.1, -0.05) is 6.92 Å². The molecule has 0 heterocycles. The summed E-state index contributed by atoms with van der Waals surface area (Å²) in [4.78, 5) is 12.7. The number of carbonyl (C=O) groups excluding carboxylic acids is 1. The van der Waals surface area contributed by atoms with E-state index in [0.29, 0.717) is 20.8 Å². The molecule has 3 unspecified atom stereocenters. The summed E-state index contributed by atoms with van der Waals surface area (Å²) in [5.41, 5.74) is -17.1. The van der Waals surface area contributed by atoms with Crippen molar-refractivity contribution in [2.45, 2.75) is 101 Å². The summed E-state index contributed by atoms with van der Waals surface area (Å²) < 4.78 is 227. The lowest BCUT2D eigenvalue weighted by Gasteiger charge is -2.53. The summed E-state index contributed by atoms with van der Waals surface area (Å²) in [6, 6.07) is 0. The molecular weight excluding hydrogens is 681 g/mol. The van der Waals surface area contributed by atoms with Crippen LogP contribution in [0.25, 0.3) is 0 Å². The van der Waals surface area contributed by atoms with Gasteiger partial charge in [0.05, 0.1) is 26.4 Å². The summed E-state index contributed by atoms with van der Waals surface area (Å²) >= 11 is 0. The summed E-state index contributed by atoms with van der Waals surface area (Å²) in [6.45, 7) is -4.15. The molecule has 0 spiro atoms. The number of aliphatic hydroxyl groups excluding tert-OH is 2. The van der Waals surface area contributed by atoms with Gasteiger partial charge in [-0.25, -0.2) is 0 Å². The molecule has 2 N–H and O–H groups in total. The van der Waals surface area contributed by atoms with Crippen molar-refractivity contribution in [3.63, 3.8) is 0 Å². The molecule has 0 radical (unpaired) electrons. The molecule has 46 heavy (non-hydrogen) atoms. The minimum atomic E-state index is -6.61. The molecule has 0 bridgehead atoms. The number of esters is 1. The van der Waals surface area contributed by atoms with Gasteiger partial charge in [0, 0.05) is 11.8 Å². The molecule has 21 heteroatoms. The number of rotatable bonds is 12. The molecule has 1 aliphatic rings. The molecule has 0 aromatic heterocycles. The Kier molecular flexibility index (Phi) is 12.5. The Labute approximate surface area is 252 Å². The van der Waals surface area contributed by atoms with E-state index >= 15 is 0 Å². The Morgan fingerprint density at radius 2 is 0.891 bits per heavy atom. The van der Waals surface area contributed by atoms with E-state index in [2.05, 4.69) is 9.47 Å². The van der Waals surface area contributed by atoms with E-state index in [0.717, 1.165) is 6.92 Å². The van der Waals surface area contributed by atoms with Crippen LogP contribution in [-0.4, -0.2) is 90.3 Å². The van der Waals surface area contributed by atoms with Gasteiger partial charge >= 0.3 is 36.9 Å². The van der Waals surface area contributed by atoms with Crippen molar-refractivity contribution in [1.29, 1.82) is 0 Å². The van der Waals surface area contributed by atoms with Crippen LogP contribution in [0, 0.1) is 23.2 Å². The van der Waals surface area contributed by atoms with Crippen molar-refractivity contribution in [2.75, 3.05) is 26.4 Å². The molecule has 0 aromatic carbocycles. The average molecular weight is 715 g/mol. The molecule has 274 valence electrons. The molecule has 1 aliphatic carbocycles. The van der Waals surface area contributed by atoms with Crippen LogP contribution in [0.5, 0.6) is 0 Å². The molecule has 3 atom stereocenters. The molecule has 0 amide bonds. The van der Waals surface area contributed by atoms with Gasteiger partial charge in [-0.2, -0.15) is 65.9 Å². The number of halogens is 15. The second-order valence-electron chi connectivity index (χ2n) is 11.6. The van der Waals surface area contributed by atoms with E-state index < -0.39 is 129 Å². The highest BCUT2D eigenvalue weighted by Gasteiger charge is 2.80. The lowest BCUT2D eigenvalue weighted by atomic mass is 9.60. The number of hydrogen-bond acceptors (Lipinski definition) is 6. The summed E-state index contributed by atoms with van der Waals surface area (Å²) in [5.74, 6) is -11.3. The number of ether oxygens (including phenoxy) is 3. The van der Waals surface area contributed by atoms with E-state index in [4.69, 9.17) is 14.9 Å². The molecule has 1 rings (SSSR count). The highest BCUT2D eigenvalue weighted by atomic mass is 19.4. The highest BCUT2D eigenvalue weighted by Crippen LogP contribution is 2.62. The van der Waals surface area contributed by atoms with E-state index in [9.17, 15) is 70.7 Å². The van der Waals surface area contributed by atoms with Crippen LogP contribution < -0.4 is 0 Å². The third-order valence-corrected chi connectivity index (χ3v) is 8.51. The van der Waals surface area contributed by atoms with Gasteiger partial charge in [0.1, 0.15) is 5.60 Å². The van der Waals surface area contributed by atoms with E-state index in [1.54, 1.807) is 0 Å². The fourth-order valence-electron chi connectivity index (χ4n) is 5.67. The van der Waals surface area contributed by atoms with Gasteiger partial charge in [0.25, 0.3) is 11.2 Å². The third kappa shape index (κ3) is 7.61. The Morgan fingerprint density at radius 1 is 0.587 bits per heavy atom. The average Bonchev–Trinajstić information content (AvgIpc) is 2.84. The van der Waals surface area contributed by atoms with Gasteiger partial charge in [-0.3, -0.25) is 4.79 Å². The fraction of sp³-hybridized carbons (Fsp3) is 0.960. The first kappa shape index (κ1) is 42.3. The van der Waals surface area contributed by atoms with Crippen molar-refractivity contribution in [3.05, 3.63) is 0 Å². The van der Waals surface area contributed by atoms with Crippen LogP contribution in [-0.2, 0) is 19.0 Å². The van der Waals surface area contributed by atoms with E-state index in [-0.39, 0.29) is 0 Å². The largest absolute Gasteiger partial charge is 0.459 e. The van der Waals surface area contributed by atoms with Crippen molar-refractivity contribution >= 4 is 5.97 Å². The zero-order valence-electron chi connectivity index (χ0n) is 24.6. The molecule has 0 aromatic rings. The van der Waals surface area contributed by atoms with Gasteiger partial charge in [0.2, 0.25) is 0 Å². The first-order chi connectivity index (χ1) is 20.4. The molecule has 0 aliphatic heterocycles. The smallest absolute Gasteiger partial charge is 0.426 e. The standard InChI is InChI=1S/C25H33F15O6/c1-5-18(4,21(26,27)28)16(43)46-17(2,3)13-10-14(19(22(29,30)31,23(32,33)34)44-8-6-41)12-15(11-13)20(24(35,36)37,25(38,39)40)45-9-7-42/h13-15,41-42H,5-12H2,1-4H3. The molecule has 0 saturated heterocycles. The monoisotopic (exact) mass is 714 g/mol. The summed E-state index contributed by atoms with van der Waals surface area (Å²) in [6.07, 6.45) is -38.3. The minimum absolute atomic E-state index is 0.319.